The Labute approximate surface area is 756 Å². The summed E-state index contributed by atoms with van der Waals surface area (Å²) in [5.74, 6) is 1.28. The molecule has 2 radical (unpaired) electrons. The average Bonchev–Trinajstić information content (AvgIpc) is 1.60. The predicted octanol–water partition coefficient (Wildman–Crippen LogP) is 29.1. The van der Waals surface area contributed by atoms with Crippen molar-refractivity contribution in [1.29, 1.82) is 0 Å². The molecular formula is C114H79AlFIrN9O-. The van der Waals surface area contributed by atoms with E-state index < -0.39 is 0 Å². The van der Waals surface area contributed by atoms with Gasteiger partial charge in [0, 0.05) is 145 Å². The minimum atomic E-state index is -0.278. The molecule has 7 heterocycles. The van der Waals surface area contributed by atoms with E-state index in [2.05, 4.69) is 385 Å². The van der Waals surface area contributed by atoms with Crippen molar-refractivity contribution in [3.05, 3.63) is 473 Å². The zero-order valence-corrected chi connectivity index (χ0v) is 72.5. The number of benzene rings is 17. The van der Waals surface area contributed by atoms with Gasteiger partial charge in [-0.05, 0) is 181 Å². The standard InChI is InChI=1S/C54H36N4.C40H27N3.C11H7FN.C9H7NO.Al.Ir.H2.H/c1-7-19-49-43(13-1)44-14-2-8-20-50(44)56(49)40-31-25-37(26-32-40)55(38-27-33-41(34-28-38)57-51-21-9-3-15-45(51)46-16-4-10-22-52(46)57)39-29-35-42(36-30-39)58-53-23-11-5-17-47(53)48-18-6-12-24-54(48)58;1-3-12-29(13-4-1)36-27-37(42-40(41-36)30-14-5-2-6-15-30)32-17-11-16-31(26-32)28-22-24-33(25-23-28)43-38-20-9-7-18-34(38)35-19-8-10-21-39(35)43;12-10-6-4-9(5-7-10)11-3-1-2-8-13-11;11-8-5-1-3-7-4-2-6-10-9(7)8;;;;/h1-36H;1-27H;1-4,6-8H;1-6,11H;;;1H;/q;;-1;;+1;;;/p-1. The van der Waals surface area contributed by atoms with E-state index in [0.717, 1.165) is 113 Å². The molecule has 0 aliphatic rings. The molecule has 0 amide bonds. The first-order valence-electron chi connectivity index (χ1n) is 42.0. The van der Waals surface area contributed by atoms with Crippen molar-refractivity contribution in [3.8, 4) is 84.8 Å². The van der Waals surface area contributed by atoms with Crippen LogP contribution in [0.15, 0.2) is 461 Å². The van der Waals surface area contributed by atoms with Gasteiger partial charge in [-0.2, -0.15) is 0 Å². The number of pyridine rings is 2. The Morgan fingerprint density at radius 2 is 0.630 bits per heavy atom. The number of hydrogen-bond acceptors (Lipinski definition) is 6. The molecule has 0 fully saturated rings. The summed E-state index contributed by atoms with van der Waals surface area (Å²) in [6.45, 7) is 0. The SMILES string of the molecule is Fc1c[c-]c(-c2ccccn2)cc1.[AlH][O]c1cccc2cccnc12.[HH].[Ir].c1ccc(-c2cc(-c3cccc(-c4ccc(-n5c6ccccc6c6ccccc65)cc4)c3)nc(-c3ccccc3)n2)cc1.c1ccc2c(c1)c1ccccc1n2-c1ccc(N(c2ccc(-n3c4ccccc4c4ccccc43)cc2)c2ccc(-n3c4ccccc4c4ccccc43)cc2)cc1. The molecule has 0 N–H and O–H groups in total. The Hall–Kier alpha value is -15.7. The van der Waals surface area contributed by atoms with Crippen molar-refractivity contribution in [2.24, 2.45) is 0 Å². The molecule has 13 heteroatoms. The molecule has 0 aliphatic carbocycles. The number of para-hydroxylation sites is 9. The van der Waals surface area contributed by atoms with Gasteiger partial charge >= 0.3 is 16.6 Å². The van der Waals surface area contributed by atoms with E-state index in [1.54, 1.807) is 18.5 Å². The third kappa shape index (κ3) is 15.7. The van der Waals surface area contributed by atoms with E-state index >= 15 is 0 Å². The second-order valence-electron chi connectivity index (χ2n) is 30.8. The molecule has 0 atom stereocenters. The molecule has 24 rings (SSSR count). The van der Waals surface area contributed by atoms with E-state index in [4.69, 9.17) is 13.8 Å². The van der Waals surface area contributed by atoms with Crippen LogP contribution in [-0.2, 0) is 20.1 Å². The van der Waals surface area contributed by atoms with Crippen LogP contribution in [0.3, 0.4) is 0 Å². The predicted molar refractivity (Wildman–Crippen MR) is 522 cm³/mol. The number of anilines is 3. The first-order valence-corrected chi connectivity index (χ1v) is 42.6. The monoisotopic (exact) mass is 1830 g/mol. The zero-order chi connectivity index (χ0) is 84.2. The largest absolute Gasteiger partial charge is 0.649 e. The van der Waals surface area contributed by atoms with Crippen molar-refractivity contribution in [1.82, 2.24) is 38.2 Å². The molecular weight excluding hydrogens is 1750 g/mol. The molecule has 606 valence electrons. The number of rotatable bonds is 13. The molecule has 0 saturated heterocycles. The quantitative estimate of drug-likeness (QED) is 0.0845. The minimum Gasteiger partial charge on any atom is -0.649 e. The average molecular weight is 1830 g/mol. The fourth-order valence-electron chi connectivity index (χ4n) is 17.5. The van der Waals surface area contributed by atoms with Crippen LogP contribution in [0.5, 0.6) is 5.75 Å². The van der Waals surface area contributed by atoms with Crippen LogP contribution in [0.2, 0.25) is 0 Å². The fraction of sp³-hybridized carbons (Fsp3) is 0. The van der Waals surface area contributed by atoms with Crippen LogP contribution in [0, 0.1) is 11.9 Å². The smallest absolute Gasteiger partial charge is 0.494 e. The second-order valence-corrected chi connectivity index (χ2v) is 31.1. The van der Waals surface area contributed by atoms with Gasteiger partial charge in [-0.3, -0.25) is 9.37 Å². The Kier molecular flexibility index (Phi) is 22.4. The number of aromatic nitrogens is 8. The molecule has 7 aromatic heterocycles. The van der Waals surface area contributed by atoms with Crippen molar-refractivity contribution in [3.63, 3.8) is 0 Å². The maximum atomic E-state index is 12.6. The molecule has 24 aromatic rings. The normalized spacial score (nSPS) is 11.2. The van der Waals surface area contributed by atoms with Crippen LogP contribution in [0.25, 0.3) is 177 Å². The molecule has 17 aromatic carbocycles. The topological polar surface area (TPSA) is 83.8 Å². The molecule has 0 bridgehead atoms. The van der Waals surface area contributed by atoms with E-state index in [1.807, 2.05) is 84.9 Å². The first kappa shape index (κ1) is 79.7. The Morgan fingerprint density at radius 1 is 0.283 bits per heavy atom. The summed E-state index contributed by atoms with van der Waals surface area (Å²) in [6, 6.07) is 159. The molecule has 0 unspecified atom stereocenters. The third-order valence-corrected chi connectivity index (χ3v) is 23.6. The van der Waals surface area contributed by atoms with Crippen molar-refractivity contribution in [2.75, 3.05) is 4.90 Å². The third-order valence-electron chi connectivity index (χ3n) is 23.3. The van der Waals surface area contributed by atoms with Gasteiger partial charge in [0.05, 0.1) is 55.5 Å². The Balaban J connectivity index is 0.000000132. The van der Waals surface area contributed by atoms with Gasteiger partial charge in [0.15, 0.2) is 5.82 Å². The first-order chi connectivity index (χ1) is 62.4. The zero-order valence-electron chi connectivity index (χ0n) is 68.7. The van der Waals surface area contributed by atoms with E-state index in [0.29, 0.717) is 0 Å². The molecule has 0 saturated carbocycles. The summed E-state index contributed by atoms with van der Waals surface area (Å²) < 4.78 is 27.2. The van der Waals surface area contributed by atoms with Gasteiger partial charge in [-0.15, -0.1) is 29.8 Å². The van der Waals surface area contributed by atoms with Crippen molar-refractivity contribution >= 4 is 132 Å². The van der Waals surface area contributed by atoms with Crippen molar-refractivity contribution < 1.29 is 29.7 Å². The van der Waals surface area contributed by atoms with Crippen LogP contribution in [-0.4, -0.2) is 54.8 Å². The van der Waals surface area contributed by atoms with E-state index in [9.17, 15) is 4.39 Å². The number of nitrogens with zero attached hydrogens (tertiary/aromatic N) is 9. The summed E-state index contributed by atoms with van der Waals surface area (Å²) in [6.07, 6.45) is 3.47. The summed E-state index contributed by atoms with van der Waals surface area (Å²) in [5, 5.41) is 11.2. The number of hydrogen-bond donors (Lipinski definition) is 0. The minimum absolute atomic E-state index is 0. The van der Waals surface area contributed by atoms with Crippen LogP contribution in [0.4, 0.5) is 21.5 Å². The molecule has 10 nitrogen and oxygen atoms in total. The summed E-state index contributed by atoms with van der Waals surface area (Å²) >= 11 is 1.47. The number of fused-ring (bicyclic) bond motifs is 13. The van der Waals surface area contributed by atoms with Crippen LogP contribution >= 0.6 is 0 Å². The van der Waals surface area contributed by atoms with Gasteiger partial charge in [0.1, 0.15) is 11.3 Å². The summed E-state index contributed by atoms with van der Waals surface area (Å²) in [4.78, 5) is 20.7. The van der Waals surface area contributed by atoms with Gasteiger partial charge in [0.2, 0.25) is 0 Å². The Bertz CT molecular complexity index is 7420. The fourth-order valence-corrected chi connectivity index (χ4v) is 17.7. The van der Waals surface area contributed by atoms with Gasteiger partial charge in [-0.1, -0.05) is 267 Å². The van der Waals surface area contributed by atoms with Gasteiger partial charge in [-0.25, -0.2) is 9.97 Å². The van der Waals surface area contributed by atoms with Crippen LogP contribution < -0.4 is 8.69 Å². The molecule has 0 spiro atoms. The van der Waals surface area contributed by atoms with Crippen LogP contribution in [0.1, 0.15) is 1.43 Å². The van der Waals surface area contributed by atoms with E-state index in [1.165, 1.54) is 116 Å². The van der Waals surface area contributed by atoms with Gasteiger partial charge in [0.25, 0.3) is 0 Å². The maximum Gasteiger partial charge on any atom is 0.494 e. The Morgan fingerprint density at radius 3 is 1.02 bits per heavy atom. The summed E-state index contributed by atoms with van der Waals surface area (Å²) in [5.41, 5.74) is 27.2. The summed E-state index contributed by atoms with van der Waals surface area (Å²) in [7, 11) is 0. The molecule has 0 aliphatic heterocycles. The molecule has 127 heavy (non-hydrogen) atoms. The second kappa shape index (κ2) is 35.6. The maximum absolute atomic E-state index is 12.6. The van der Waals surface area contributed by atoms with Crippen molar-refractivity contribution in [2.45, 2.75) is 0 Å². The van der Waals surface area contributed by atoms with Gasteiger partial charge < -0.3 is 31.9 Å². The van der Waals surface area contributed by atoms with E-state index in [-0.39, 0.29) is 27.3 Å². The number of halogens is 1.